The van der Waals surface area contributed by atoms with Crippen molar-refractivity contribution in [1.82, 2.24) is 14.9 Å². The number of aromatic amines is 1. The normalized spacial score (nSPS) is 18.7. The Kier molecular flexibility index (Phi) is 5.20. The molecule has 6 nitrogen and oxygen atoms in total. The van der Waals surface area contributed by atoms with E-state index < -0.39 is 0 Å². The lowest BCUT2D eigenvalue weighted by atomic mass is 9.81. The van der Waals surface area contributed by atoms with Crippen LogP contribution in [0, 0.1) is 5.41 Å². The van der Waals surface area contributed by atoms with Crippen LogP contribution in [-0.2, 0) is 4.79 Å². The standard InChI is InChI=1S/C19H26N4O2/c1-14(23-9-7-19(2,12-24)8-10-23)18(25)22-16-5-3-15(4-6-16)17-11-20-13-21-17/h3-6,11,13-14,24H,7-10,12H2,1-2H3,(H,20,21)(H,22,25)/t14-/m1/s1. The highest BCUT2D eigenvalue weighted by molar-refractivity contribution is 5.94. The molecule has 1 aliphatic rings. The summed E-state index contributed by atoms with van der Waals surface area (Å²) in [5.74, 6) is 0.00175. The maximum absolute atomic E-state index is 12.5. The van der Waals surface area contributed by atoms with Crippen molar-refractivity contribution in [3.8, 4) is 11.3 Å². The molecule has 0 bridgehead atoms. The molecule has 3 rings (SSSR count). The number of carbonyl (C=O) groups excluding carboxylic acids is 1. The monoisotopic (exact) mass is 342 g/mol. The Balaban J connectivity index is 1.57. The van der Waals surface area contributed by atoms with Gasteiger partial charge in [0.25, 0.3) is 0 Å². The quantitative estimate of drug-likeness (QED) is 0.780. The van der Waals surface area contributed by atoms with Crippen LogP contribution in [0.4, 0.5) is 5.69 Å². The molecule has 1 amide bonds. The van der Waals surface area contributed by atoms with E-state index >= 15 is 0 Å². The summed E-state index contributed by atoms with van der Waals surface area (Å²) in [6, 6.07) is 7.54. The molecule has 134 valence electrons. The van der Waals surface area contributed by atoms with Crippen LogP contribution in [0.5, 0.6) is 0 Å². The second-order valence-corrected chi connectivity index (χ2v) is 7.21. The minimum atomic E-state index is -0.185. The highest BCUT2D eigenvalue weighted by Gasteiger charge is 2.32. The third kappa shape index (κ3) is 4.08. The number of carbonyl (C=O) groups is 1. The van der Waals surface area contributed by atoms with Gasteiger partial charge in [-0.15, -0.1) is 0 Å². The van der Waals surface area contributed by atoms with Gasteiger partial charge in [-0.3, -0.25) is 9.69 Å². The predicted molar refractivity (Wildman–Crippen MR) is 98.1 cm³/mol. The van der Waals surface area contributed by atoms with E-state index in [1.54, 1.807) is 12.5 Å². The highest BCUT2D eigenvalue weighted by Crippen LogP contribution is 2.31. The molecule has 0 radical (unpaired) electrons. The van der Waals surface area contributed by atoms with Gasteiger partial charge in [0.05, 0.1) is 24.3 Å². The molecule has 0 saturated carbocycles. The average molecular weight is 342 g/mol. The Labute approximate surface area is 148 Å². The number of hydrogen-bond donors (Lipinski definition) is 3. The molecular formula is C19H26N4O2. The number of H-pyrrole nitrogens is 1. The van der Waals surface area contributed by atoms with Gasteiger partial charge in [0.1, 0.15) is 0 Å². The molecule has 6 heteroatoms. The van der Waals surface area contributed by atoms with Gasteiger partial charge >= 0.3 is 0 Å². The summed E-state index contributed by atoms with van der Waals surface area (Å²) in [5.41, 5.74) is 2.77. The number of aromatic nitrogens is 2. The number of amides is 1. The van der Waals surface area contributed by atoms with Gasteiger partial charge in [-0.25, -0.2) is 4.98 Å². The van der Waals surface area contributed by atoms with Crippen molar-refractivity contribution in [3.63, 3.8) is 0 Å². The topological polar surface area (TPSA) is 81.2 Å². The Morgan fingerprint density at radius 2 is 2.04 bits per heavy atom. The number of benzene rings is 1. The summed E-state index contributed by atoms with van der Waals surface area (Å²) in [7, 11) is 0. The Bertz CT molecular complexity index is 689. The maximum atomic E-state index is 12.5. The van der Waals surface area contributed by atoms with E-state index in [9.17, 15) is 9.90 Å². The first-order chi connectivity index (χ1) is 12.0. The van der Waals surface area contributed by atoms with Crippen LogP contribution >= 0.6 is 0 Å². The van der Waals surface area contributed by atoms with Crippen molar-refractivity contribution in [2.75, 3.05) is 25.0 Å². The van der Waals surface area contributed by atoms with Gasteiger partial charge in [-0.1, -0.05) is 19.1 Å². The van der Waals surface area contributed by atoms with Crippen LogP contribution < -0.4 is 5.32 Å². The molecule has 1 fully saturated rings. The second kappa shape index (κ2) is 7.37. The van der Waals surface area contributed by atoms with Crippen molar-refractivity contribution < 1.29 is 9.90 Å². The molecule has 1 aromatic heterocycles. The smallest absolute Gasteiger partial charge is 0.241 e. The fraction of sp³-hybridized carbons (Fsp3) is 0.474. The number of rotatable bonds is 5. The SMILES string of the molecule is C[C@H](C(=O)Nc1ccc(-c2cnc[nH]2)cc1)N1CCC(C)(CO)CC1. The van der Waals surface area contributed by atoms with Crippen LogP contribution in [0.25, 0.3) is 11.3 Å². The van der Waals surface area contributed by atoms with E-state index in [0.717, 1.165) is 42.9 Å². The van der Waals surface area contributed by atoms with Crippen LogP contribution in [0.1, 0.15) is 26.7 Å². The molecule has 0 spiro atoms. The van der Waals surface area contributed by atoms with Gasteiger partial charge in [0, 0.05) is 12.3 Å². The molecule has 0 aliphatic carbocycles. The van der Waals surface area contributed by atoms with E-state index in [-0.39, 0.29) is 24.0 Å². The number of anilines is 1. The number of imidazole rings is 1. The van der Waals surface area contributed by atoms with Crippen molar-refractivity contribution in [1.29, 1.82) is 0 Å². The first-order valence-electron chi connectivity index (χ1n) is 8.75. The molecule has 1 saturated heterocycles. The number of nitrogens with one attached hydrogen (secondary N) is 2. The minimum Gasteiger partial charge on any atom is -0.396 e. The molecule has 2 aromatic rings. The molecule has 0 unspecified atom stereocenters. The average Bonchev–Trinajstić information content (AvgIpc) is 3.17. The summed E-state index contributed by atoms with van der Waals surface area (Å²) < 4.78 is 0. The first-order valence-corrected chi connectivity index (χ1v) is 8.75. The van der Waals surface area contributed by atoms with Crippen molar-refractivity contribution in [2.45, 2.75) is 32.7 Å². The van der Waals surface area contributed by atoms with E-state index in [1.807, 2.05) is 31.2 Å². The summed E-state index contributed by atoms with van der Waals surface area (Å²) in [4.78, 5) is 21.8. The summed E-state index contributed by atoms with van der Waals surface area (Å²) in [5, 5.41) is 12.5. The fourth-order valence-corrected chi connectivity index (χ4v) is 3.17. The lowest BCUT2D eigenvalue weighted by Crippen LogP contribution is -2.48. The largest absolute Gasteiger partial charge is 0.396 e. The van der Waals surface area contributed by atoms with Crippen LogP contribution in [-0.4, -0.2) is 51.6 Å². The molecule has 1 atom stereocenters. The Morgan fingerprint density at radius 3 is 2.60 bits per heavy atom. The molecule has 25 heavy (non-hydrogen) atoms. The molecule has 1 aliphatic heterocycles. The van der Waals surface area contributed by atoms with Gasteiger partial charge < -0.3 is 15.4 Å². The third-order valence-electron chi connectivity index (χ3n) is 5.28. The minimum absolute atomic E-state index is 0.00175. The van der Waals surface area contributed by atoms with Gasteiger partial charge in [0.2, 0.25) is 5.91 Å². The van der Waals surface area contributed by atoms with E-state index in [0.29, 0.717) is 0 Å². The summed E-state index contributed by atoms with van der Waals surface area (Å²) >= 11 is 0. The van der Waals surface area contributed by atoms with Crippen molar-refractivity contribution in [3.05, 3.63) is 36.8 Å². The predicted octanol–water partition coefficient (Wildman–Crippen LogP) is 2.50. The second-order valence-electron chi connectivity index (χ2n) is 7.21. The summed E-state index contributed by atoms with van der Waals surface area (Å²) in [6.07, 6.45) is 5.25. The maximum Gasteiger partial charge on any atom is 0.241 e. The number of nitrogens with zero attached hydrogens (tertiary/aromatic N) is 2. The highest BCUT2D eigenvalue weighted by atomic mass is 16.3. The number of likely N-dealkylation sites (tertiary alicyclic amines) is 1. The van der Waals surface area contributed by atoms with Gasteiger partial charge in [-0.05, 0) is 56.0 Å². The van der Waals surface area contributed by atoms with Crippen molar-refractivity contribution >= 4 is 11.6 Å². The molecule has 1 aromatic carbocycles. The van der Waals surface area contributed by atoms with Gasteiger partial charge in [-0.2, -0.15) is 0 Å². The van der Waals surface area contributed by atoms with E-state index in [4.69, 9.17) is 0 Å². The number of hydrogen-bond acceptors (Lipinski definition) is 4. The lowest BCUT2D eigenvalue weighted by molar-refractivity contribution is -0.121. The molecule has 2 heterocycles. The zero-order chi connectivity index (χ0) is 17.9. The van der Waals surface area contributed by atoms with Crippen LogP contribution in [0.15, 0.2) is 36.8 Å². The fourth-order valence-electron chi connectivity index (χ4n) is 3.17. The zero-order valence-corrected chi connectivity index (χ0v) is 14.8. The zero-order valence-electron chi connectivity index (χ0n) is 14.8. The Hall–Kier alpha value is -2.18. The van der Waals surface area contributed by atoms with E-state index in [1.165, 1.54) is 0 Å². The Morgan fingerprint density at radius 1 is 1.36 bits per heavy atom. The van der Waals surface area contributed by atoms with E-state index in [2.05, 4.69) is 27.1 Å². The third-order valence-corrected chi connectivity index (χ3v) is 5.28. The molecular weight excluding hydrogens is 316 g/mol. The number of aliphatic hydroxyl groups excluding tert-OH is 1. The number of aliphatic hydroxyl groups is 1. The lowest BCUT2D eigenvalue weighted by Gasteiger charge is -2.40. The first kappa shape index (κ1) is 17.6. The van der Waals surface area contributed by atoms with Gasteiger partial charge in [0.15, 0.2) is 0 Å². The number of piperidine rings is 1. The molecule has 3 N–H and O–H groups in total. The van der Waals surface area contributed by atoms with Crippen molar-refractivity contribution in [2.24, 2.45) is 5.41 Å². The van der Waals surface area contributed by atoms with Crippen LogP contribution in [0.2, 0.25) is 0 Å². The summed E-state index contributed by atoms with van der Waals surface area (Å²) in [6.45, 7) is 5.94. The van der Waals surface area contributed by atoms with Crippen LogP contribution in [0.3, 0.4) is 0 Å².